The van der Waals surface area contributed by atoms with E-state index in [0.717, 1.165) is 25.1 Å². The molecule has 170 valence electrons. The van der Waals surface area contributed by atoms with Gasteiger partial charge in [0.2, 0.25) is 0 Å². The standard InChI is InChI=1S/C23H23N5O3S2/c1-13(2)33(30,31)16-5-3-14(4-6-16)17-11-25-22-21(27-17)18(12-26-22)28-23(29)20-9-15-10-24-8-7-19(15)32-20/h3-6,9,11-13,24H,7-8,10H2,1-2H3,(H,25,26)(H,28,29). The van der Waals surface area contributed by atoms with E-state index in [9.17, 15) is 13.2 Å². The first-order valence-corrected chi connectivity index (χ1v) is 13.0. The first kappa shape index (κ1) is 21.7. The number of carbonyl (C=O) groups is 1. The topological polar surface area (TPSA) is 117 Å². The number of anilines is 1. The van der Waals surface area contributed by atoms with Gasteiger partial charge < -0.3 is 15.6 Å². The van der Waals surface area contributed by atoms with Crippen LogP contribution in [0.2, 0.25) is 0 Å². The fourth-order valence-corrected chi connectivity index (χ4v) is 5.90. The van der Waals surface area contributed by atoms with Crippen molar-refractivity contribution in [2.75, 3.05) is 11.9 Å². The lowest BCUT2D eigenvalue weighted by Crippen LogP contribution is -2.21. The van der Waals surface area contributed by atoms with Crippen molar-refractivity contribution in [3.63, 3.8) is 0 Å². The van der Waals surface area contributed by atoms with Gasteiger partial charge in [0, 0.05) is 29.7 Å². The zero-order valence-electron chi connectivity index (χ0n) is 18.2. The molecule has 3 aromatic heterocycles. The number of hydrogen-bond acceptors (Lipinski definition) is 7. The summed E-state index contributed by atoms with van der Waals surface area (Å²) in [6, 6.07) is 8.56. The predicted octanol–water partition coefficient (Wildman–Crippen LogP) is 3.77. The molecule has 0 radical (unpaired) electrons. The molecule has 4 heterocycles. The van der Waals surface area contributed by atoms with Gasteiger partial charge in [-0.25, -0.2) is 18.4 Å². The number of nitrogens with one attached hydrogen (secondary N) is 3. The second-order valence-corrected chi connectivity index (χ2v) is 11.9. The molecule has 1 amide bonds. The molecule has 3 N–H and O–H groups in total. The van der Waals surface area contributed by atoms with Crippen molar-refractivity contribution in [1.29, 1.82) is 0 Å². The van der Waals surface area contributed by atoms with Gasteiger partial charge in [-0.2, -0.15) is 0 Å². The zero-order valence-corrected chi connectivity index (χ0v) is 19.8. The van der Waals surface area contributed by atoms with Gasteiger partial charge in [-0.3, -0.25) is 4.79 Å². The summed E-state index contributed by atoms with van der Waals surface area (Å²) in [6.07, 6.45) is 4.24. The summed E-state index contributed by atoms with van der Waals surface area (Å²) in [4.78, 5) is 27.2. The molecule has 10 heteroatoms. The first-order valence-electron chi connectivity index (χ1n) is 10.6. The predicted molar refractivity (Wildman–Crippen MR) is 129 cm³/mol. The molecule has 0 saturated heterocycles. The molecular weight excluding hydrogens is 458 g/mol. The number of thiophene rings is 1. The SMILES string of the molecule is CC(C)S(=O)(=O)c1ccc(-c2cnc3[nH]cc(NC(=O)c4cc5c(s4)CCNC5)c3n2)cc1. The number of sulfone groups is 1. The van der Waals surface area contributed by atoms with E-state index in [-0.39, 0.29) is 10.8 Å². The van der Waals surface area contributed by atoms with E-state index in [4.69, 9.17) is 0 Å². The van der Waals surface area contributed by atoms with Gasteiger partial charge in [-0.15, -0.1) is 11.3 Å². The van der Waals surface area contributed by atoms with Crippen LogP contribution in [0.4, 0.5) is 5.69 Å². The molecule has 1 aliphatic heterocycles. The molecule has 5 rings (SSSR count). The number of aromatic nitrogens is 3. The molecule has 0 fully saturated rings. The molecule has 0 aliphatic carbocycles. The van der Waals surface area contributed by atoms with Gasteiger partial charge in [0.1, 0.15) is 5.52 Å². The van der Waals surface area contributed by atoms with E-state index in [2.05, 4.69) is 25.6 Å². The van der Waals surface area contributed by atoms with E-state index in [1.807, 2.05) is 6.07 Å². The number of hydrogen-bond donors (Lipinski definition) is 3. The first-order chi connectivity index (χ1) is 15.8. The Hall–Kier alpha value is -3.08. The maximum Gasteiger partial charge on any atom is 0.265 e. The van der Waals surface area contributed by atoms with Crippen LogP contribution in [0.3, 0.4) is 0 Å². The van der Waals surface area contributed by atoms with Crippen molar-refractivity contribution in [3.05, 3.63) is 58.0 Å². The molecule has 0 saturated carbocycles. The third-order valence-electron chi connectivity index (χ3n) is 5.69. The summed E-state index contributed by atoms with van der Waals surface area (Å²) in [5.41, 5.74) is 4.16. The highest BCUT2D eigenvalue weighted by atomic mass is 32.2. The Morgan fingerprint density at radius 1 is 1.21 bits per heavy atom. The van der Waals surface area contributed by atoms with Crippen LogP contribution in [-0.4, -0.2) is 41.1 Å². The van der Waals surface area contributed by atoms with Gasteiger partial charge >= 0.3 is 0 Å². The molecule has 8 nitrogen and oxygen atoms in total. The Morgan fingerprint density at radius 3 is 2.73 bits per heavy atom. The summed E-state index contributed by atoms with van der Waals surface area (Å²) >= 11 is 1.53. The third kappa shape index (κ3) is 4.05. The molecular formula is C23H23N5O3S2. The number of carbonyl (C=O) groups excluding carboxylic acids is 1. The van der Waals surface area contributed by atoms with Crippen molar-refractivity contribution < 1.29 is 13.2 Å². The lowest BCUT2D eigenvalue weighted by Gasteiger charge is -2.10. The largest absolute Gasteiger partial charge is 0.343 e. The van der Waals surface area contributed by atoms with Crippen LogP contribution in [0.5, 0.6) is 0 Å². The fourth-order valence-electron chi connectivity index (χ4n) is 3.76. The van der Waals surface area contributed by atoms with Crippen molar-refractivity contribution in [2.45, 2.75) is 37.0 Å². The van der Waals surface area contributed by atoms with Crippen LogP contribution in [-0.2, 0) is 22.8 Å². The second-order valence-electron chi connectivity index (χ2n) is 8.21. The summed E-state index contributed by atoms with van der Waals surface area (Å²) in [6.45, 7) is 5.04. The zero-order chi connectivity index (χ0) is 23.2. The van der Waals surface area contributed by atoms with Crippen molar-refractivity contribution in [2.24, 2.45) is 0 Å². The Bertz CT molecular complexity index is 1430. The Balaban J connectivity index is 1.42. The molecule has 1 aromatic carbocycles. The monoisotopic (exact) mass is 481 g/mol. The molecule has 1 aliphatic rings. The highest BCUT2D eigenvalue weighted by Gasteiger charge is 2.20. The van der Waals surface area contributed by atoms with Gasteiger partial charge in [0.15, 0.2) is 15.5 Å². The summed E-state index contributed by atoms with van der Waals surface area (Å²) in [7, 11) is -3.34. The number of H-pyrrole nitrogens is 1. The number of fused-ring (bicyclic) bond motifs is 2. The summed E-state index contributed by atoms with van der Waals surface area (Å²) in [5.74, 6) is -0.175. The smallest absolute Gasteiger partial charge is 0.265 e. The quantitative estimate of drug-likeness (QED) is 0.400. The molecule has 33 heavy (non-hydrogen) atoms. The Morgan fingerprint density at radius 2 is 2.00 bits per heavy atom. The Labute approximate surface area is 195 Å². The number of aromatic amines is 1. The average Bonchev–Trinajstić information content (AvgIpc) is 3.43. The van der Waals surface area contributed by atoms with Gasteiger partial charge in [-0.05, 0) is 44.0 Å². The van der Waals surface area contributed by atoms with Crippen LogP contribution in [0.15, 0.2) is 47.6 Å². The minimum atomic E-state index is -3.34. The van der Waals surface area contributed by atoms with Crippen LogP contribution in [0.25, 0.3) is 22.4 Å². The number of amides is 1. The minimum absolute atomic E-state index is 0.175. The van der Waals surface area contributed by atoms with Crippen molar-refractivity contribution in [3.8, 4) is 11.3 Å². The highest BCUT2D eigenvalue weighted by molar-refractivity contribution is 7.92. The minimum Gasteiger partial charge on any atom is -0.343 e. The van der Waals surface area contributed by atoms with Crippen molar-refractivity contribution in [1.82, 2.24) is 20.3 Å². The van der Waals surface area contributed by atoms with E-state index >= 15 is 0 Å². The van der Waals surface area contributed by atoms with E-state index in [1.54, 1.807) is 50.5 Å². The maximum absolute atomic E-state index is 12.9. The number of rotatable bonds is 5. The van der Waals surface area contributed by atoms with Crippen LogP contribution < -0.4 is 10.6 Å². The number of benzene rings is 1. The van der Waals surface area contributed by atoms with Crippen LogP contribution in [0, 0.1) is 0 Å². The molecule has 0 bridgehead atoms. The van der Waals surface area contributed by atoms with Gasteiger partial charge in [0.05, 0.1) is 32.6 Å². The summed E-state index contributed by atoms with van der Waals surface area (Å²) < 4.78 is 24.7. The average molecular weight is 482 g/mol. The normalized spacial score (nSPS) is 13.9. The van der Waals surface area contributed by atoms with E-state index in [0.29, 0.717) is 27.4 Å². The lowest BCUT2D eigenvalue weighted by atomic mass is 10.1. The molecule has 0 atom stereocenters. The molecule has 4 aromatic rings. The Kier molecular flexibility index (Phi) is 5.51. The van der Waals surface area contributed by atoms with Gasteiger partial charge in [0.25, 0.3) is 5.91 Å². The third-order valence-corrected chi connectivity index (χ3v) is 9.10. The summed E-state index contributed by atoms with van der Waals surface area (Å²) in [5, 5.41) is 5.78. The van der Waals surface area contributed by atoms with Crippen LogP contribution >= 0.6 is 11.3 Å². The van der Waals surface area contributed by atoms with E-state index in [1.165, 1.54) is 21.8 Å². The highest BCUT2D eigenvalue weighted by Crippen LogP contribution is 2.28. The van der Waals surface area contributed by atoms with E-state index < -0.39 is 15.1 Å². The fraction of sp³-hybridized carbons (Fsp3) is 0.261. The lowest BCUT2D eigenvalue weighted by molar-refractivity contribution is 0.103. The van der Waals surface area contributed by atoms with Gasteiger partial charge in [-0.1, -0.05) is 12.1 Å². The molecule has 0 unspecified atom stereocenters. The second kappa shape index (κ2) is 8.36. The van der Waals surface area contributed by atoms with Crippen LogP contribution in [0.1, 0.15) is 34.0 Å². The number of nitrogens with zero attached hydrogens (tertiary/aromatic N) is 2. The maximum atomic E-state index is 12.9. The van der Waals surface area contributed by atoms with Crippen molar-refractivity contribution >= 4 is 43.9 Å². The molecule has 0 spiro atoms.